The molecule has 1 aliphatic carbocycles. The highest BCUT2D eigenvalue weighted by molar-refractivity contribution is 7.46. The second kappa shape index (κ2) is 6.73. The van der Waals surface area contributed by atoms with Gasteiger partial charge in [-0.15, -0.1) is 0 Å². The molecule has 0 aromatic heterocycles. The fourth-order valence-electron chi connectivity index (χ4n) is 2.01. The van der Waals surface area contributed by atoms with Crippen molar-refractivity contribution in [2.24, 2.45) is 0 Å². The lowest BCUT2D eigenvalue weighted by Gasteiger charge is -2.14. The van der Waals surface area contributed by atoms with Crippen molar-refractivity contribution < 1.29 is 23.7 Å². The van der Waals surface area contributed by atoms with Crippen molar-refractivity contribution in [3.8, 4) is 5.75 Å². The van der Waals surface area contributed by atoms with Crippen LogP contribution in [0, 0.1) is 0 Å². The average molecular weight is 321 g/mol. The van der Waals surface area contributed by atoms with Gasteiger partial charge in [0.15, 0.2) is 0 Å². The van der Waals surface area contributed by atoms with E-state index in [1.807, 2.05) is 13.0 Å². The highest BCUT2D eigenvalue weighted by Crippen LogP contribution is 2.40. The third-order valence-corrected chi connectivity index (χ3v) is 3.50. The number of nitrogens with one attached hydrogen (secondary N) is 1. The van der Waals surface area contributed by atoms with Gasteiger partial charge in [-0.25, -0.2) is 4.57 Å². The molecule has 0 bridgehead atoms. The minimum atomic E-state index is -4.60. The number of aryl methyl sites for hydroxylation is 1. The number of rotatable bonds is 5. The Morgan fingerprint density at radius 1 is 1.41 bits per heavy atom. The molecule has 0 heterocycles. The molecule has 0 radical (unpaired) electrons. The van der Waals surface area contributed by atoms with Crippen LogP contribution < -0.4 is 9.84 Å². The van der Waals surface area contributed by atoms with Crippen molar-refractivity contribution in [1.29, 1.82) is 0 Å². The van der Waals surface area contributed by atoms with Crippen LogP contribution in [-0.2, 0) is 11.0 Å². The van der Waals surface area contributed by atoms with Crippen LogP contribution in [0.4, 0.5) is 5.69 Å². The molecule has 22 heavy (non-hydrogen) atoms. The van der Waals surface area contributed by atoms with Gasteiger partial charge in [0.05, 0.1) is 6.42 Å². The van der Waals surface area contributed by atoms with Gasteiger partial charge in [-0.3, -0.25) is 9.79 Å². The summed E-state index contributed by atoms with van der Waals surface area (Å²) in [7, 11) is -4.60. The first-order valence-electron chi connectivity index (χ1n) is 6.65. The summed E-state index contributed by atoms with van der Waals surface area (Å²) in [5, 5.41) is 3.11. The Labute approximate surface area is 127 Å². The third kappa shape index (κ3) is 4.41. The van der Waals surface area contributed by atoms with E-state index in [0.29, 0.717) is 29.8 Å². The van der Waals surface area contributed by atoms with Gasteiger partial charge in [0.25, 0.3) is 5.71 Å². The fraction of sp³-hybridized carbons (Fsp3) is 0.214. The van der Waals surface area contributed by atoms with Gasteiger partial charge in [0.1, 0.15) is 5.75 Å². The van der Waals surface area contributed by atoms with Crippen LogP contribution in [0.3, 0.4) is 0 Å². The topological polar surface area (TPSA) is 115 Å². The average Bonchev–Trinajstić information content (AvgIpc) is 2.47. The van der Waals surface area contributed by atoms with Gasteiger partial charge in [-0.2, -0.15) is 4.79 Å². The normalized spacial score (nSPS) is 14.3. The minimum Gasteiger partial charge on any atom is -0.404 e. The molecule has 1 aromatic carbocycles. The van der Waals surface area contributed by atoms with Crippen LogP contribution in [0.25, 0.3) is 5.53 Å². The molecule has 7 nitrogen and oxygen atoms in total. The van der Waals surface area contributed by atoms with Crippen LogP contribution in [0.15, 0.2) is 42.1 Å². The molecule has 0 saturated heterocycles. The second-order valence-electron chi connectivity index (χ2n) is 4.67. The largest absolute Gasteiger partial charge is 0.524 e. The first-order chi connectivity index (χ1) is 10.4. The Morgan fingerprint density at radius 3 is 2.73 bits per heavy atom. The lowest BCUT2D eigenvalue weighted by Crippen LogP contribution is -2.05. The number of phosphoric acid groups is 1. The first-order valence-corrected chi connectivity index (χ1v) is 8.18. The quantitative estimate of drug-likeness (QED) is 0.438. The molecule has 0 saturated carbocycles. The second-order valence-corrected chi connectivity index (χ2v) is 5.83. The van der Waals surface area contributed by atoms with E-state index in [2.05, 4.69) is 10.1 Å². The molecular weight excluding hydrogens is 305 g/mol. The summed E-state index contributed by atoms with van der Waals surface area (Å²) in [4.78, 5) is 21.1. The maximum atomic E-state index is 11.0. The van der Waals surface area contributed by atoms with Crippen LogP contribution in [0.2, 0.25) is 0 Å². The van der Waals surface area contributed by atoms with Crippen LogP contribution in [0.5, 0.6) is 5.75 Å². The van der Waals surface area contributed by atoms with Gasteiger partial charge in [0, 0.05) is 23.5 Å². The third-order valence-electron chi connectivity index (χ3n) is 3.07. The Morgan fingerprint density at radius 2 is 2.18 bits per heavy atom. The fourth-order valence-corrected chi connectivity index (χ4v) is 2.43. The molecule has 116 valence electrons. The summed E-state index contributed by atoms with van der Waals surface area (Å²) in [6, 6.07) is 5.10. The molecule has 0 unspecified atom stereocenters. The van der Waals surface area contributed by atoms with Crippen molar-refractivity contribution in [1.82, 2.24) is 0 Å². The number of allylic oxidation sites excluding steroid dienone is 3. The van der Waals surface area contributed by atoms with E-state index in [-0.39, 0.29) is 5.75 Å². The summed E-state index contributed by atoms with van der Waals surface area (Å²) in [6.07, 6.45) is 6.35. The molecular formula is C14H16N3O4P. The summed E-state index contributed by atoms with van der Waals surface area (Å²) < 4.78 is 15.8. The monoisotopic (exact) mass is 321 g/mol. The SMILES string of the molecule is CCc1ccc(NC2=CCC(=[N+]=[N-])C=C2)cc1OP(=O)(O)O. The number of hydrogen-bond donors (Lipinski definition) is 3. The van der Waals surface area contributed by atoms with E-state index in [9.17, 15) is 4.57 Å². The smallest absolute Gasteiger partial charge is 0.404 e. The first kappa shape index (κ1) is 16.2. The maximum absolute atomic E-state index is 11.0. The molecule has 3 N–H and O–H groups in total. The molecule has 8 heteroatoms. The van der Waals surface area contributed by atoms with E-state index in [1.54, 1.807) is 30.4 Å². The van der Waals surface area contributed by atoms with E-state index in [0.717, 1.165) is 5.70 Å². The van der Waals surface area contributed by atoms with Crippen LogP contribution >= 0.6 is 7.82 Å². The van der Waals surface area contributed by atoms with Gasteiger partial charge in [-0.05, 0) is 30.2 Å². The van der Waals surface area contributed by atoms with Crippen molar-refractivity contribution in [2.75, 3.05) is 5.32 Å². The Bertz CT molecular complexity index is 730. The lowest BCUT2D eigenvalue weighted by molar-refractivity contribution is -0.00540. The van der Waals surface area contributed by atoms with Crippen molar-refractivity contribution in [2.45, 2.75) is 19.8 Å². The number of anilines is 1. The van der Waals surface area contributed by atoms with Gasteiger partial charge in [0.2, 0.25) is 0 Å². The van der Waals surface area contributed by atoms with E-state index in [4.69, 9.17) is 19.8 Å². The highest BCUT2D eigenvalue weighted by atomic mass is 31.2. The van der Waals surface area contributed by atoms with Crippen LogP contribution in [-0.4, -0.2) is 20.3 Å². The van der Waals surface area contributed by atoms with Gasteiger partial charge >= 0.3 is 7.82 Å². The molecule has 2 rings (SSSR count). The van der Waals surface area contributed by atoms with Gasteiger partial charge in [-0.1, -0.05) is 13.0 Å². The summed E-state index contributed by atoms with van der Waals surface area (Å²) in [6.45, 7) is 1.87. The zero-order valence-electron chi connectivity index (χ0n) is 11.9. The van der Waals surface area contributed by atoms with Gasteiger partial charge < -0.3 is 15.4 Å². The van der Waals surface area contributed by atoms with Crippen molar-refractivity contribution in [3.05, 3.63) is 53.2 Å². The summed E-state index contributed by atoms with van der Waals surface area (Å²) in [5.41, 5.74) is 11.4. The molecule has 0 spiro atoms. The number of phosphoric ester groups is 1. The van der Waals surface area contributed by atoms with Crippen molar-refractivity contribution >= 4 is 19.2 Å². The van der Waals surface area contributed by atoms with Crippen molar-refractivity contribution in [3.63, 3.8) is 0 Å². The summed E-state index contributed by atoms with van der Waals surface area (Å²) in [5.74, 6) is 0.152. The maximum Gasteiger partial charge on any atom is 0.524 e. The number of nitrogens with zero attached hydrogens (tertiary/aromatic N) is 2. The predicted octanol–water partition coefficient (Wildman–Crippen LogP) is 2.65. The minimum absolute atomic E-state index is 0.152. The predicted molar refractivity (Wildman–Crippen MR) is 82.6 cm³/mol. The zero-order valence-corrected chi connectivity index (χ0v) is 12.8. The molecule has 1 aromatic rings. The van der Waals surface area contributed by atoms with E-state index >= 15 is 0 Å². The summed E-state index contributed by atoms with van der Waals surface area (Å²) >= 11 is 0. The lowest BCUT2D eigenvalue weighted by atomic mass is 10.1. The number of hydrogen-bond acceptors (Lipinski definition) is 3. The Hall–Kier alpha value is -2.17. The molecule has 0 amide bonds. The Balaban J connectivity index is 2.21. The molecule has 0 atom stereocenters. The molecule has 0 aliphatic heterocycles. The Kier molecular flexibility index (Phi) is 4.96. The standard InChI is InChI=1S/C14H16N3O4P/c1-2-10-3-4-13(9-14(10)21-22(18,19)20)16-11-5-7-12(17-15)8-6-11/h3-7,9,16H,2,8H2,1H3,(H2,18,19,20). The zero-order chi connectivity index (χ0) is 16.2. The van der Waals surface area contributed by atoms with E-state index < -0.39 is 7.82 Å². The van der Waals surface area contributed by atoms with Crippen LogP contribution in [0.1, 0.15) is 18.9 Å². The molecule has 0 fully saturated rings. The highest BCUT2D eigenvalue weighted by Gasteiger charge is 2.18. The number of benzene rings is 1. The molecule has 1 aliphatic rings. The van der Waals surface area contributed by atoms with E-state index in [1.165, 1.54) is 0 Å².